The number of fused-ring (bicyclic) bond motifs is 1. The minimum Gasteiger partial charge on any atom is -0.462 e. The lowest BCUT2D eigenvalue weighted by molar-refractivity contribution is -0.115. The molecule has 0 aliphatic heterocycles. The number of esters is 1. The van der Waals surface area contributed by atoms with Gasteiger partial charge in [-0.05, 0) is 81.0 Å². The molecule has 2 N–H and O–H groups in total. The van der Waals surface area contributed by atoms with E-state index in [-0.39, 0.29) is 24.4 Å². The number of rotatable bonds is 9. The van der Waals surface area contributed by atoms with Gasteiger partial charge in [0, 0.05) is 21.0 Å². The molecule has 0 bridgehead atoms. The summed E-state index contributed by atoms with van der Waals surface area (Å²) in [5.41, 5.74) is 4.68. The number of aryl methyl sites for hydroxylation is 2. The summed E-state index contributed by atoms with van der Waals surface area (Å²) in [6, 6.07) is 24.5. The van der Waals surface area contributed by atoms with Crippen LogP contribution in [0.3, 0.4) is 0 Å². The van der Waals surface area contributed by atoms with Crippen LogP contribution < -0.4 is 10.6 Å². The second kappa shape index (κ2) is 14.5. The molecule has 1 atom stereocenters. The maximum atomic E-state index is 14.0. The van der Waals surface area contributed by atoms with E-state index in [1.165, 1.54) is 34.4 Å². The number of carbonyl (C=O) groups excluding carboxylic acids is 3. The second-order valence-electron chi connectivity index (χ2n) is 10.6. The van der Waals surface area contributed by atoms with Crippen molar-refractivity contribution in [2.75, 3.05) is 17.2 Å². The van der Waals surface area contributed by atoms with Crippen LogP contribution >= 0.6 is 23.1 Å². The van der Waals surface area contributed by atoms with Crippen molar-refractivity contribution < 1.29 is 19.1 Å². The van der Waals surface area contributed by atoms with E-state index in [9.17, 15) is 14.4 Å². The first-order valence-electron chi connectivity index (χ1n) is 14.7. The monoisotopic (exact) mass is 612 g/mol. The molecule has 43 heavy (non-hydrogen) atoms. The molecular weight excluding hydrogens is 577 g/mol. The van der Waals surface area contributed by atoms with Gasteiger partial charge in [-0.25, -0.2) is 4.79 Å². The van der Waals surface area contributed by atoms with Crippen LogP contribution in [0.15, 0.2) is 83.8 Å². The molecule has 1 aromatic heterocycles. The van der Waals surface area contributed by atoms with Gasteiger partial charge >= 0.3 is 5.97 Å². The van der Waals surface area contributed by atoms with E-state index < -0.39 is 5.25 Å². The van der Waals surface area contributed by atoms with Crippen LogP contribution in [0.25, 0.3) is 0 Å². The normalized spacial score (nSPS) is 13.6. The molecule has 5 rings (SSSR count). The summed E-state index contributed by atoms with van der Waals surface area (Å²) in [5, 5.41) is 6.07. The number of carbonyl (C=O) groups is 3. The first kappa shape index (κ1) is 30.6. The lowest BCUT2D eigenvalue weighted by Crippen LogP contribution is -2.20. The molecule has 0 fully saturated rings. The minimum absolute atomic E-state index is 0.195. The summed E-state index contributed by atoms with van der Waals surface area (Å²) in [5.74, 6) is -0.791. The van der Waals surface area contributed by atoms with E-state index in [4.69, 9.17) is 4.74 Å². The molecule has 0 saturated carbocycles. The SMILES string of the molecule is CCOC(=O)c1c(NC(=O)C(Sc2cccc(NC(=O)c3ccc(C)cc3)c2)c2ccccc2)sc2c1CCCCCC2. The zero-order chi connectivity index (χ0) is 30.2. The Kier molecular flexibility index (Phi) is 10.3. The average molecular weight is 613 g/mol. The average Bonchev–Trinajstić information content (AvgIpc) is 3.32. The number of amides is 2. The molecule has 1 unspecified atom stereocenters. The Morgan fingerprint density at radius 2 is 1.63 bits per heavy atom. The molecule has 6 nitrogen and oxygen atoms in total. The zero-order valence-electron chi connectivity index (χ0n) is 24.5. The summed E-state index contributed by atoms with van der Waals surface area (Å²) < 4.78 is 5.45. The quantitative estimate of drug-likeness (QED) is 0.146. The minimum atomic E-state index is -0.594. The summed E-state index contributed by atoms with van der Waals surface area (Å²) in [7, 11) is 0. The van der Waals surface area contributed by atoms with Gasteiger partial charge in [0.15, 0.2) is 0 Å². The topological polar surface area (TPSA) is 84.5 Å². The van der Waals surface area contributed by atoms with E-state index >= 15 is 0 Å². The van der Waals surface area contributed by atoms with Crippen LogP contribution in [0.5, 0.6) is 0 Å². The first-order chi connectivity index (χ1) is 20.9. The summed E-state index contributed by atoms with van der Waals surface area (Å²) >= 11 is 2.90. The predicted octanol–water partition coefficient (Wildman–Crippen LogP) is 8.62. The molecule has 1 aliphatic rings. The Hall–Kier alpha value is -3.88. The maximum absolute atomic E-state index is 14.0. The van der Waals surface area contributed by atoms with Crippen molar-refractivity contribution in [3.8, 4) is 0 Å². The zero-order valence-corrected chi connectivity index (χ0v) is 26.1. The van der Waals surface area contributed by atoms with E-state index in [0.29, 0.717) is 21.8 Å². The maximum Gasteiger partial charge on any atom is 0.341 e. The predicted molar refractivity (Wildman–Crippen MR) is 175 cm³/mol. The van der Waals surface area contributed by atoms with Gasteiger partial charge in [0.25, 0.3) is 5.91 Å². The number of ether oxygens (including phenoxy) is 1. The van der Waals surface area contributed by atoms with Crippen molar-refractivity contribution in [1.82, 2.24) is 0 Å². The highest BCUT2D eigenvalue weighted by molar-refractivity contribution is 8.00. The highest BCUT2D eigenvalue weighted by Crippen LogP contribution is 2.41. The number of thiophene rings is 1. The van der Waals surface area contributed by atoms with Crippen LogP contribution in [0.4, 0.5) is 10.7 Å². The van der Waals surface area contributed by atoms with Crippen molar-refractivity contribution in [2.24, 2.45) is 0 Å². The van der Waals surface area contributed by atoms with Crippen molar-refractivity contribution in [2.45, 2.75) is 62.5 Å². The molecule has 8 heteroatoms. The molecule has 0 radical (unpaired) electrons. The number of hydrogen-bond acceptors (Lipinski definition) is 6. The first-order valence-corrected chi connectivity index (χ1v) is 16.4. The number of benzene rings is 3. The third kappa shape index (κ3) is 7.75. The lowest BCUT2D eigenvalue weighted by atomic mass is 9.96. The third-order valence-corrected chi connectivity index (χ3v) is 9.84. The lowest BCUT2D eigenvalue weighted by Gasteiger charge is -2.18. The van der Waals surface area contributed by atoms with Crippen molar-refractivity contribution >= 4 is 51.6 Å². The van der Waals surface area contributed by atoms with Crippen LogP contribution in [0.1, 0.15) is 80.1 Å². The highest BCUT2D eigenvalue weighted by Gasteiger charge is 2.29. The molecular formula is C35H36N2O4S2. The molecule has 0 spiro atoms. The van der Waals surface area contributed by atoms with Crippen molar-refractivity contribution in [3.63, 3.8) is 0 Å². The van der Waals surface area contributed by atoms with Crippen LogP contribution in [0, 0.1) is 6.92 Å². The number of thioether (sulfide) groups is 1. The van der Waals surface area contributed by atoms with E-state index in [1.807, 2.05) is 73.7 Å². The van der Waals surface area contributed by atoms with Crippen molar-refractivity contribution in [3.05, 3.63) is 112 Å². The molecule has 3 aromatic carbocycles. The van der Waals surface area contributed by atoms with Crippen LogP contribution in [-0.2, 0) is 22.4 Å². The molecule has 4 aromatic rings. The van der Waals surface area contributed by atoms with E-state index in [0.717, 1.165) is 53.7 Å². The standard InChI is InChI=1S/C35H36N2O4S2/c1-3-41-35(40)30-28-16-9-4-5-10-17-29(28)43-34(30)37-33(39)31(24-12-7-6-8-13-24)42-27-15-11-14-26(22-27)36-32(38)25-20-18-23(2)19-21-25/h6-8,11-15,18-22,31H,3-5,9-10,16-17H2,1-2H3,(H,36,38)(H,37,39). The van der Waals surface area contributed by atoms with Gasteiger partial charge in [-0.2, -0.15) is 0 Å². The fourth-order valence-corrected chi connectivity index (χ4v) is 7.56. The Labute approximate surface area is 261 Å². The Balaban J connectivity index is 1.41. The van der Waals surface area contributed by atoms with Gasteiger partial charge in [0.2, 0.25) is 5.91 Å². The van der Waals surface area contributed by atoms with Gasteiger partial charge in [-0.3, -0.25) is 9.59 Å². The largest absolute Gasteiger partial charge is 0.462 e. The molecule has 222 valence electrons. The van der Waals surface area contributed by atoms with Gasteiger partial charge in [-0.15, -0.1) is 23.1 Å². The highest BCUT2D eigenvalue weighted by atomic mass is 32.2. The smallest absolute Gasteiger partial charge is 0.341 e. The second-order valence-corrected chi connectivity index (χ2v) is 12.9. The fourth-order valence-electron chi connectivity index (χ4n) is 5.20. The molecule has 2 amide bonds. The molecule has 1 aliphatic carbocycles. The Morgan fingerprint density at radius 1 is 0.884 bits per heavy atom. The fraction of sp³-hybridized carbons (Fsp3) is 0.286. The van der Waals surface area contributed by atoms with E-state index in [2.05, 4.69) is 10.6 Å². The number of nitrogens with one attached hydrogen (secondary N) is 2. The van der Waals surface area contributed by atoms with Gasteiger partial charge in [-0.1, -0.05) is 66.9 Å². The number of hydrogen-bond donors (Lipinski definition) is 2. The van der Waals surface area contributed by atoms with Crippen LogP contribution in [0.2, 0.25) is 0 Å². The summed E-state index contributed by atoms with van der Waals surface area (Å²) in [4.78, 5) is 42.0. The van der Waals surface area contributed by atoms with Gasteiger partial charge < -0.3 is 15.4 Å². The van der Waals surface area contributed by atoms with Gasteiger partial charge in [0.05, 0.1) is 12.2 Å². The van der Waals surface area contributed by atoms with Gasteiger partial charge in [0.1, 0.15) is 10.3 Å². The molecule has 1 heterocycles. The van der Waals surface area contributed by atoms with Crippen LogP contribution in [-0.4, -0.2) is 24.4 Å². The molecule has 0 saturated heterocycles. The van der Waals surface area contributed by atoms with Crippen molar-refractivity contribution in [1.29, 1.82) is 0 Å². The van der Waals surface area contributed by atoms with E-state index in [1.54, 1.807) is 19.1 Å². The Bertz CT molecular complexity index is 1580. The third-order valence-electron chi connectivity index (χ3n) is 7.39. The Morgan fingerprint density at radius 3 is 2.37 bits per heavy atom. The summed E-state index contributed by atoms with van der Waals surface area (Å²) in [6.45, 7) is 4.05. The number of anilines is 2. The summed E-state index contributed by atoms with van der Waals surface area (Å²) in [6.07, 6.45) is 6.11.